The number of carbonyl (C=O) groups excluding carboxylic acids is 2. The summed E-state index contributed by atoms with van der Waals surface area (Å²) < 4.78 is 0. The Balaban J connectivity index is 2.03. The summed E-state index contributed by atoms with van der Waals surface area (Å²) in [6.07, 6.45) is 0. The van der Waals surface area contributed by atoms with E-state index < -0.39 is 0 Å². The molecule has 0 aromatic heterocycles. The van der Waals surface area contributed by atoms with E-state index in [9.17, 15) is 9.59 Å². The number of hydrogen-bond donors (Lipinski definition) is 1. The summed E-state index contributed by atoms with van der Waals surface area (Å²) in [6, 6.07) is 15.0. The molecule has 0 fully saturated rings. The molecule has 0 saturated carbocycles. The second-order valence-electron chi connectivity index (χ2n) is 6.16. The van der Waals surface area contributed by atoms with Crippen molar-refractivity contribution in [3.05, 3.63) is 59.1 Å². The predicted molar refractivity (Wildman–Crippen MR) is 111 cm³/mol. The van der Waals surface area contributed by atoms with E-state index in [1.54, 1.807) is 6.07 Å². The summed E-state index contributed by atoms with van der Waals surface area (Å²) >= 11 is 6.10. The van der Waals surface area contributed by atoms with Crippen LogP contribution in [0.1, 0.15) is 26.3 Å². The Morgan fingerprint density at radius 2 is 1.56 bits per heavy atom. The van der Waals surface area contributed by atoms with Gasteiger partial charge in [0, 0.05) is 43.0 Å². The van der Waals surface area contributed by atoms with Crippen molar-refractivity contribution in [1.82, 2.24) is 5.32 Å². The van der Waals surface area contributed by atoms with Gasteiger partial charge in [-0.15, -0.1) is 0 Å². The second kappa shape index (κ2) is 9.97. The van der Waals surface area contributed by atoms with Crippen LogP contribution in [0.3, 0.4) is 0 Å². The summed E-state index contributed by atoms with van der Waals surface area (Å²) in [5, 5.41) is 3.42. The molecule has 0 atom stereocenters. The van der Waals surface area contributed by atoms with Gasteiger partial charge in [0.25, 0.3) is 0 Å². The maximum Gasteiger partial charge on any atom is 0.240 e. The fraction of sp³-hybridized carbons (Fsp3) is 0.333. The van der Waals surface area contributed by atoms with Gasteiger partial charge in [0.15, 0.2) is 0 Å². The number of rotatable bonds is 8. The molecule has 0 spiro atoms. The quantitative estimate of drug-likeness (QED) is 0.748. The van der Waals surface area contributed by atoms with Crippen molar-refractivity contribution in [3.8, 4) is 0 Å². The average Bonchev–Trinajstić information content (AvgIpc) is 2.67. The number of amides is 2. The number of carbonyl (C=O) groups is 2. The molecule has 1 N–H and O–H groups in total. The smallest absolute Gasteiger partial charge is 0.240 e. The molecule has 0 heterocycles. The van der Waals surface area contributed by atoms with E-state index in [1.165, 1.54) is 11.8 Å². The van der Waals surface area contributed by atoms with Crippen LogP contribution in [0.15, 0.2) is 48.5 Å². The summed E-state index contributed by atoms with van der Waals surface area (Å²) in [6.45, 7) is 7.77. The first kappa shape index (κ1) is 20.8. The van der Waals surface area contributed by atoms with Crippen molar-refractivity contribution in [2.24, 2.45) is 0 Å². The number of nitrogens with zero attached hydrogens (tertiary/aromatic N) is 2. The molecule has 2 aromatic carbocycles. The number of nitrogens with one attached hydrogen (secondary N) is 1. The molecule has 27 heavy (non-hydrogen) atoms. The molecule has 2 rings (SSSR count). The lowest BCUT2D eigenvalue weighted by molar-refractivity contribution is -0.123. The molecule has 2 aromatic rings. The lowest BCUT2D eigenvalue weighted by atomic mass is 10.2. The van der Waals surface area contributed by atoms with Gasteiger partial charge in [-0.1, -0.05) is 29.8 Å². The normalized spacial score (nSPS) is 10.4. The third-order valence-corrected chi connectivity index (χ3v) is 4.77. The van der Waals surface area contributed by atoms with Gasteiger partial charge >= 0.3 is 0 Å². The zero-order valence-electron chi connectivity index (χ0n) is 16.0. The monoisotopic (exact) mass is 387 g/mol. The Bertz CT molecular complexity index is 773. The van der Waals surface area contributed by atoms with Gasteiger partial charge in [0.1, 0.15) is 6.54 Å². The maximum atomic E-state index is 12.3. The molecule has 6 heteroatoms. The van der Waals surface area contributed by atoms with Crippen LogP contribution in [0.4, 0.5) is 11.4 Å². The SMILES string of the molecule is CCN(CC)c1ccc(N(CC(=O)NCc2ccccc2Cl)C(C)=O)cc1. The van der Waals surface area contributed by atoms with E-state index in [-0.39, 0.29) is 18.4 Å². The highest BCUT2D eigenvalue weighted by atomic mass is 35.5. The molecule has 0 bridgehead atoms. The summed E-state index contributed by atoms with van der Waals surface area (Å²) in [7, 11) is 0. The van der Waals surface area contributed by atoms with Crippen LogP contribution in [0.5, 0.6) is 0 Å². The van der Waals surface area contributed by atoms with E-state index >= 15 is 0 Å². The van der Waals surface area contributed by atoms with Crippen molar-refractivity contribution >= 4 is 34.8 Å². The van der Waals surface area contributed by atoms with E-state index in [0.717, 1.165) is 24.3 Å². The topological polar surface area (TPSA) is 52.6 Å². The number of hydrogen-bond acceptors (Lipinski definition) is 3. The molecule has 0 aliphatic carbocycles. The molecular formula is C21H26ClN3O2. The number of anilines is 2. The van der Waals surface area contributed by atoms with Gasteiger partial charge in [-0.2, -0.15) is 0 Å². The van der Waals surface area contributed by atoms with Crippen LogP contribution >= 0.6 is 11.6 Å². The maximum absolute atomic E-state index is 12.3. The van der Waals surface area contributed by atoms with Crippen LogP contribution in [0.2, 0.25) is 5.02 Å². The predicted octanol–water partition coefficient (Wildman–Crippen LogP) is 3.86. The van der Waals surface area contributed by atoms with E-state index in [1.807, 2.05) is 42.5 Å². The molecule has 0 aliphatic rings. The van der Waals surface area contributed by atoms with Crippen molar-refractivity contribution in [3.63, 3.8) is 0 Å². The standard InChI is InChI=1S/C21H26ClN3O2/c1-4-24(5-2)18-10-12-19(13-11-18)25(16(3)26)15-21(27)23-14-17-8-6-7-9-20(17)22/h6-13H,4-5,14-15H2,1-3H3,(H,23,27). The van der Waals surface area contributed by atoms with Gasteiger partial charge in [-0.3, -0.25) is 9.59 Å². The van der Waals surface area contributed by atoms with Gasteiger partial charge in [0.2, 0.25) is 11.8 Å². The Morgan fingerprint density at radius 1 is 0.963 bits per heavy atom. The summed E-state index contributed by atoms with van der Waals surface area (Å²) in [5.74, 6) is -0.420. The fourth-order valence-electron chi connectivity index (χ4n) is 2.85. The van der Waals surface area contributed by atoms with Crippen LogP contribution in [0, 0.1) is 0 Å². The van der Waals surface area contributed by atoms with Crippen LogP contribution in [0.25, 0.3) is 0 Å². The van der Waals surface area contributed by atoms with Crippen molar-refractivity contribution in [2.75, 3.05) is 29.4 Å². The minimum Gasteiger partial charge on any atom is -0.372 e. The van der Waals surface area contributed by atoms with E-state index in [0.29, 0.717) is 17.3 Å². The van der Waals surface area contributed by atoms with Crippen molar-refractivity contribution in [2.45, 2.75) is 27.3 Å². The van der Waals surface area contributed by atoms with E-state index in [2.05, 4.69) is 24.1 Å². The van der Waals surface area contributed by atoms with E-state index in [4.69, 9.17) is 11.6 Å². The lowest BCUT2D eigenvalue weighted by Gasteiger charge is -2.24. The largest absolute Gasteiger partial charge is 0.372 e. The first-order valence-electron chi connectivity index (χ1n) is 9.09. The van der Waals surface area contributed by atoms with Gasteiger partial charge < -0.3 is 15.1 Å². The van der Waals surface area contributed by atoms with Gasteiger partial charge in [-0.05, 0) is 49.7 Å². The Kier molecular flexibility index (Phi) is 7.67. The molecule has 0 unspecified atom stereocenters. The van der Waals surface area contributed by atoms with Crippen molar-refractivity contribution < 1.29 is 9.59 Å². The molecule has 5 nitrogen and oxygen atoms in total. The minimum absolute atomic E-state index is 0.0373. The highest BCUT2D eigenvalue weighted by Crippen LogP contribution is 2.21. The number of benzene rings is 2. The molecular weight excluding hydrogens is 362 g/mol. The third-order valence-electron chi connectivity index (χ3n) is 4.41. The highest BCUT2D eigenvalue weighted by molar-refractivity contribution is 6.31. The summed E-state index contributed by atoms with van der Waals surface area (Å²) in [5.41, 5.74) is 2.63. The van der Waals surface area contributed by atoms with Crippen LogP contribution < -0.4 is 15.1 Å². The molecule has 2 amide bonds. The highest BCUT2D eigenvalue weighted by Gasteiger charge is 2.16. The molecule has 0 radical (unpaired) electrons. The second-order valence-corrected chi connectivity index (χ2v) is 6.57. The lowest BCUT2D eigenvalue weighted by Crippen LogP contribution is -2.39. The Labute approximate surface area is 165 Å². The third kappa shape index (κ3) is 5.73. The van der Waals surface area contributed by atoms with Crippen LogP contribution in [-0.4, -0.2) is 31.4 Å². The Morgan fingerprint density at radius 3 is 2.11 bits per heavy atom. The molecule has 144 valence electrons. The van der Waals surface area contributed by atoms with Crippen LogP contribution in [-0.2, 0) is 16.1 Å². The Hall–Kier alpha value is -2.53. The zero-order chi connectivity index (χ0) is 19.8. The number of halogens is 1. The van der Waals surface area contributed by atoms with Gasteiger partial charge in [0.05, 0.1) is 0 Å². The first-order chi connectivity index (χ1) is 13.0. The molecule has 0 aliphatic heterocycles. The zero-order valence-corrected chi connectivity index (χ0v) is 16.8. The van der Waals surface area contributed by atoms with Gasteiger partial charge in [-0.25, -0.2) is 0 Å². The fourth-order valence-corrected chi connectivity index (χ4v) is 3.05. The van der Waals surface area contributed by atoms with Crippen molar-refractivity contribution in [1.29, 1.82) is 0 Å². The summed E-state index contributed by atoms with van der Waals surface area (Å²) in [4.78, 5) is 28.1. The minimum atomic E-state index is -0.238. The average molecular weight is 388 g/mol. The first-order valence-corrected chi connectivity index (χ1v) is 9.47. The molecule has 0 saturated heterocycles.